The van der Waals surface area contributed by atoms with Crippen LogP contribution in [-0.4, -0.2) is 20.3 Å². The third kappa shape index (κ3) is 3.43. The number of aryl methyl sites for hydroxylation is 1. The maximum Gasteiger partial charge on any atom is 0.137 e. The first kappa shape index (κ1) is 12.8. The Hall–Kier alpha value is -1.62. The first-order chi connectivity index (χ1) is 8.44. The number of furan rings is 1. The molecule has 0 bridgehead atoms. The van der Waals surface area contributed by atoms with E-state index in [0.717, 1.165) is 18.1 Å². The molecule has 0 aromatic carbocycles. The predicted molar refractivity (Wildman–Crippen MR) is 69.2 cm³/mol. The molecule has 0 aliphatic heterocycles. The van der Waals surface area contributed by atoms with Crippen LogP contribution in [0, 0.1) is 6.92 Å². The minimum Gasteiger partial charge on any atom is -0.464 e. The summed E-state index contributed by atoms with van der Waals surface area (Å²) in [6.07, 6.45) is 3.21. The van der Waals surface area contributed by atoms with Crippen molar-refractivity contribution >= 4 is 0 Å². The standard InChI is InChI=1S/C13H20N4O/c1-10-11(6-15-13(2,3)4)5-12(18-10)7-17-9-14-8-16-17/h5,8-9,15H,6-7H2,1-4H3. The van der Waals surface area contributed by atoms with Gasteiger partial charge in [-0.05, 0) is 33.8 Å². The van der Waals surface area contributed by atoms with E-state index in [1.165, 1.54) is 11.9 Å². The Balaban J connectivity index is 2.03. The lowest BCUT2D eigenvalue weighted by Gasteiger charge is -2.20. The quantitative estimate of drug-likeness (QED) is 0.900. The lowest BCUT2D eigenvalue weighted by Crippen LogP contribution is -2.35. The molecule has 2 aromatic heterocycles. The van der Waals surface area contributed by atoms with Crippen LogP contribution in [-0.2, 0) is 13.1 Å². The molecular weight excluding hydrogens is 228 g/mol. The molecule has 2 aromatic rings. The second-order valence-electron chi connectivity index (χ2n) is 5.49. The molecule has 0 unspecified atom stereocenters. The molecule has 5 heteroatoms. The molecule has 0 amide bonds. The Bertz CT molecular complexity index is 494. The van der Waals surface area contributed by atoms with E-state index in [-0.39, 0.29) is 5.54 Å². The van der Waals surface area contributed by atoms with Crippen LogP contribution in [0.2, 0.25) is 0 Å². The SMILES string of the molecule is Cc1oc(Cn2cncn2)cc1CNC(C)(C)C. The highest BCUT2D eigenvalue weighted by Crippen LogP contribution is 2.16. The average molecular weight is 248 g/mol. The lowest BCUT2D eigenvalue weighted by atomic mass is 10.1. The van der Waals surface area contributed by atoms with Crippen LogP contribution in [0.1, 0.15) is 37.9 Å². The van der Waals surface area contributed by atoms with Crippen molar-refractivity contribution in [1.82, 2.24) is 20.1 Å². The van der Waals surface area contributed by atoms with Crippen LogP contribution >= 0.6 is 0 Å². The second kappa shape index (κ2) is 4.94. The van der Waals surface area contributed by atoms with E-state index in [2.05, 4.69) is 42.2 Å². The van der Waals surface area contributed by atoms with Gasteiger partial charge in [0.15, 0.2) is 0 Å². The summed E-state index contributed by atoms with van der Waals surface area (Å²) in [7, 11) is 0. The van der Waals surface area contributed by atoms with Crippen LogP contribution in [0.15, 0.2) is 23.1 Å². The van der Waals surface area contributed by atoms with Gasteiger partial charge < -0.3 is 9.73 Å². The highest BCUT2D eigenvalue weighted by Gasteiger charge is 2.12. The van der Waals surface area contributed by atoms with Crippen molar-refractivity contribution in [2.45, 2.75) is 46.3 Å². The van der Waals surface area contributed by atoms with Gasteiger partial charge in [0.05, 0.1) is 0 Å². The lowest BCUT2D eigenvalue weighted by molar-refractivity contribution is 0.418. The van der Waals surface area contributed by atoms with Crippen molar-refractivity contribution in [2.24, 2.45) is 0 Å². The summed E-state index contributed by atoms with van der Waals surface area (Å²) in [5, 5.41) is 7.52. The number of nitrogens with zero attached hydrogens (tertiary/aromatic N) is 3. The Labute approximate surface area is 107 Å². The van der Waals surface area contributed by atoms with Crippen molar-refractivity contribution in [3.8, 4) is 0 Å². The smallest absolute Gasteiger partial charge is 0.137 e. The third-order valence-corrected chi connectivity index (χ3v) is 2.67. The van der Waals surface area contributed by atoms with Crippen molar-refractivity contribution in [3.63, 3.8) is 0 Å². The fourth-order valence-electron chi connectivity index (χ4n) is 1.68. The maximum absolute atomic E-state index is 5.72. The highest BCUT2D eigenvalue weighted by atomic mass is 16.3. The van der Waals surface area contributed by atoms with E-state index in [1.54, 1.807) is 11.0 Å². The minimum atomic E-state index is 0.107. The molecule has 5 nitrogen and oxygen atoms in total. The normalized spacial score (nSPS) is 12.0. The average Bonchev–Trinajstić information content (AvgIpc) is 2.85. The topological polar surface area (TPSA) is 55.9 Å². The first-order valence-corrected chi connectivity index (χ1v) is 6.10. The summed E-state index contributed by atoms with van der Waals surface area (Å²) in [5.41, 5.74) is 1.30. The Kier molecular flexibility index (Phi) is 3.52. The van der Waals surface area contributed by atoms with Gasteiger partial charge in [0, 0.05) is 17.6 Å². The van der Waals surface area contributed by atoms with Gasteiger partial charge in [-0.25, -0.2) is 9.67 Å². The molecule has 0 spiro atoms. The van der Waals surface area contributed by atoms with E-state index < -0.39 is 0 Å². The molecule has 0 aliphatic carbocycles. The van der Waals surface area contributed by atoms with E-state index in [9.17, 15) is 0 Å². The molecule has 18 heavy (non-hydrogen) atoms. The van der Waals surface area contributed by atoms with Gasteiger partial charge in [0.1, 0.15) is 30.7 Å². The zero-order valence-corrected chi connectivity index (χ0v) is 11.4. The van der Waals surface area contributed by atoms with Gasteiger partial charge in [0.2, 0.25) is 0 Å². The summed E-state index contributed by atoms with van der Waals surface area (Å²) >= 11 is 0. The second-order valence-corrected chi connectivity index (χ2v) is 5.49. The molecule has 1 N–H and O–H groups in total. The molecule has 2 heterocycles. The molecule has 0 atom stereocenters. The Morgan fingerprint density at radius 2 is 2.17 bits per heavy atom. The third-order valence-electron chi connectivity index (χ3n) is 2.67. The molecule has 2 rings (SSSR count). The van der Waals surface area contributed by atoms with Crippen LogP contribution in [0.4, 0.5) is 0 Å². The molecule has 0 aliphatic rings. The Morgan fingerprint density at radius 3 is 2.78 bits per heavy atom. The minimum absolute atomic E-state index is 0.107. The zero-order chi connectivity index (χ0) is 13.2. The maximum atomic E-state index is 5.72. The highest BCUT2D eigenvalue weighted by molar-refractivity contribution is 5.21. The van der Waals surface area contributed by atoms with Crippen LogP contribution in [0.25, 0.3) is 0 Å². The monoisotopic (exact) mass is 248 g/mol. The van der Waals surface area contributed by atoms with E-state index in [0.29, 0.717) is 6.54 Å². The fourth-order valence-corrected chi connectivity index (χ4v) is 1.68. The van der Waals surface area contributed by atoms with Crippen molar-refractivity contribution in [1.29, 1.82) is 0 Å². The van der Waals surface area contributed by atoms with E-state index >= 15 is 0 Å². The van der Waals surface area contributed by atoms with Crippen molar-refractivity contribution in [2.75, 3.05) is 0 Å². The summed E-state index contributed by atoms with van der Waals surface area (Å²) in [5.74, 6) is 1.87. The number of nitrogens with one attached hydrogen (secondary N) is 1. The largest absolute Gasteiger partial charge is 0.464 e. The first-order valence-electron chi connectivity index (χ1n) is 6.10. The number of hydrogen-bond donors (Lipinski definition) is 1. The fraction of sp³-hybridized carbons (Fsp3) is 0.538. The van der Waals surface area contributed by atoms with Crippen LogP contribution in [0.5, 0.6) is 0 Å². The molecule has 0 fully saturated rings. The molecule has 0 radical (unpaired) electrons. The van der Waals surface area contributed by atoms with Gasteiger partial charge in [0.25, 0.3) is 0 Å². The van der Waals surface area contributed by atoms with E-state index in [4.69, 9.17) is 4.42 Å². The summed E-state index contributed by atoms with van der Waals surface area (Å²) in [4.78, 5) is 3.91. The van der Waals surface area contributed by atoms with E-state index in [1.807, 2.05) is 6.92 Å². The van der Waals surface area contributed by atoms with Crippen LogP contribution in [0.3, 0.4) is 0 Å². The molecule has 0 saturated heterocycles. The number of hydrogen-bond acceptors (Lipinski definition) is 4. The van der Waals surface area contributed by atoms with Gasteiger partial charge in [-0.3, -0.25) is 0 Å². The predicted octanol–water partition coefficient (Wildman–Crippen LogP) is 2.12. The van der Waals surface area contributed by atoms with Gasteiger partial charge in [-0.2, -0.15) is 5.10 Å². The van der Waals surface area contributed by atoms with Gasteiger partial charge in [-0.15, -0.1) is 0 Å². The summed E-state index contributed by atoms with van der Waals surface area (Å²) < 4.78 is 7.47. The number of aromatic nitrogens is 3. The Morgan fingerprint density at radius 1 is 1.39 bits per heavy atom. The van der Waals surface area contributed by atoms with Gasteiger partial charge in [-0.1, -0.05) is 0 Å². The molecule has 0 saturated carbocycles. The number of rotatable bonds is 4. The summed E-state index contributed by atoms with van der Waals surface area (Å²) in [6.45, 7) is 9.88. The van der Waals surface area contributed by atoms with Gasteiger partial charge >= 0.3 is 0 Å². The van der Waals surface area contributed by atoms with Crippen LogP contribution < -0.4 is 5.32 Å². The molecular formula is C13H20N4O. The zero-order valence-electron chi connectivity index (χ0n) is 11.4. The molecule has 98 valence electrons. The van der Waals surface area contributed by atoms with Crippen molar-refractivity contribution in [3.05, 3.63) is 35.8 Å². The summed E-state index contributed by atoms with van der Waals surface area (Å²) in [6, 6.07) is 2.08. The van der Waals surface area contributed by atoms with Crippen molar-refractivity contribution < 1.29 is 4.42 Å².